The predicted octanol–water partition coefficient (Wildman–Crippen LogP) is 6.32. The molecule has 0 atom stereocenters. The van der Waals surface area contributed by atoms with Crippen LogP contribution in [0.15, 0.2) is 58.4 Å². The Labute approximate surface area is 266 Å². The maximum atomic E-state index is 13.8. The van der Waals surface area contributed by atoms with Gasteiger partial charge in [-0.05, 0) is 72.9 Å². The molecule has 1 saturated heterocycles. The van der Waals surface area contributed by atoms with Gasteiger partial charge in [0.1, 0.15) is 5.75 Å². The number of carbonyl (C=O) groups excluding carboxylic acids is 1. The van der Waals surface area contributed by atoms with Gasteiger partial charge < -0.3 is 19.1 Å². The number of nitrogens with zero attached hydrogens (tertiary/aromatic N) is 4. The van der Waals surface area contributed by atoms with Crippen molar-refractivity contribution in [2.45, 2.75) is 33.6 Å². The molecule has 2 heterocycles. The van der Waals surface area contributed by atoms with Gasteiger partial charge in [-0.15, -0.1) is 0 Å². The second kappa shape index (κ2) is 13.8. The van der Waals surface area contributed by atoms with Crippen LogP contribution < -0.4 is 15.0 Å². The molecule has 5 rings (SSSR count). The molecular formula is C33H34Cl2N4O5. The maximum absolute atomic E-state index is 13.8. The van der Waals surface area contributed by atoms with Gasteiger partial charge in [0.15, 0.2) is 18.2 Å². The van der Waals surface area contributed by atoms with Crippen LogP contribution in [0.2, 0.25) is 10.0 Å². The summed E-state index contributed by atoms with van der Waals surface area (Å²) < 4.78 is 18.2. The fourth-order valence-corrected chi connectivity index (χ4v) is 5.64. The first-order chi connectivity index (χ1) is 21.2. The van der Waals surface area contributed by atoms with Crippen molar-refractivity contribution < 1.29 is 19.0 Å². The van der Waals surface area contributed by atoms with Crippen molar-refractivity contribution in [2.75, 3.05) is 39.5 Å². The lowest BCUT2D eigenvalue weighted by atomic mass is 9.96. The van der Waals surface area contributed by atoms with E-state index in [1.54, 1.807) is 29.2 Å². The first-order valence-electron chi connectivity index (χ1n) is 14.5. The van der Waals surface area contributed by atoms with E-state index >= 15 is 0 Å². The SMILES string of the molecule is CCOc1cc(C)c(-c2nc3ccccc3c(=O)n2N=Cc2cc(Cl)c(OCC(=O)N3CCOCC3)c(Cl)c2)cc1C(C)C. The van der Waals surface area contributed by atoms with Crippen LogP contribution in [0.3, 0.4) is 0 Å². The van der Waals surface area contributed by atoms with Crippen molar-refractivity contribution in [1.29, 1.82) is 0 Å². The minimum Gasteiger partial charge on any atom is -0.494 e. The molecule has 9 nitrogen and oxygen atoms in total. The fourth-order valence-electron chi connectivity index (χ4n) is 5.03. The largest absolute Gasteiger partial charge is 0.494 e. The molecule has 1 aromatic heterocycles. The molecule has 0 aliphatic carbocycles. The summed E-state index contributed by atoms with van der Waals surface area (Å²) in [5, 5.41) is 5.43. The van der Waals surface area contributed by atoms with Crippen LogP contribution in [0.4, 0.5) is 0 Å². The molecule has 1 amide bonds. The second-order valence-electron chi connectivity index (χ2n) is 10.7. The number of aryl methyl sites for hydroxylation is 1. The van der Waals surface area contributed by atoms with Crippen LogP contribution in [0.5, 0.6) is 11.5 Å². The topological polar surface area (TPSA) is 95.2 Å². The summed E-state index contributed by atoms with van der Waals surface area (Å²) >= 11 is 13.0. The van der Waals surface area contributed by atoms with Crippen LogP contribution in [0.1, 0.15) is 43.4 Å². The maximum Gasteiger partial charge on any atom is 0.282 e. The van der Waals surface area contributed by atoms with Gasteiger partial charge in [-0.1, -0.05) is 49.2 Å². The lowest BCUT2D eigenvalue weighted by Crippen LogP contribution is -2.43. The Kier molecular flexibility index (Phi) is 9.88. The number of ether oxygens (including phenoxy) is 3. The number of fused-ring (bicyclic) bond motifs is 1. The molecule has 0 unspecified atom stereocenters. The van der Waals surface area contributed by atoms with Gasteiger partial charge in [-0.2, -0.15) is 9.78 Å². The van der Waals surface area contributed by atoms with E-state index < -0.39 is 0 Å². The number of para-hydroxylation sites is 1. The highest BCUT2D eigenvalue weighted by atomic mass is 35.5. The zero-order valence-electron chi connectivity index (χ0n) is 25.1. The van der Waals surface area contributed by atoms with Crippen LogP contribution >= 0.6 is 23.2 Å². The van der Waals surface area contributed by atoms with E-state index in [9.17, 15) is 9.59 Å². The molecule has 11 heteroatoms. The van der Waals surface area contributed by atoms with E-state index in [0.29, 0.717) is 55.2 Å². The molecule has 0 saturated carbocycles. The molecular weight excluding hydrogens is 603 g/mol. The van der Waals surface area contributed by atoms with Crippen LogP contribution in [-0.4, -0.2) is 66.2 Å². The molecule has 3 aromatic carbocycles. The van der Waals surface area contributed by atoms with Crippen molar-refractivity contribution in [3.8, 4) is 22.9 Å². The molecule has 1 aliphatic rings. The number of hydrogen-bond acceptors (Lipinski definition) is 7. The zero-order chi connectivity index (χ0) is 31.4. The number of carbonyl (C=O) groups is 1. The second-order valence-corrected chi connectivity index (χ2v) is 11.5. The normalized spacial score (nSPS) is 13.7. The minimum atomic E-state index is -0.319. The van der Waals surface area contributed by atoms with Crippen molar-refractivity contribution in [2.24, 2.45) is 5.10 Å². The summed E-state index contributed by atoms with van der Waals surface area (Å²) in [5.74, 6) is 1.40. The fraction of sp³-hybridized carbons (Fsp3) is 0.333. The van der Waals surface area contributed by atoms with Gasteiger partial charge in [0.2, 0.25) is 0 Å². The molecule has 1 aliphatic heterocycles. The number of amides is 1. The highest BCUT2D eigenvalue weighted by molar-refractivity contribution is 6.37. The van der Waals surface area contributed by atoms with Crippen molar-refractivity contribution in [3.63, 3.8) is 0 Å². The van der Waals surface area contributed by atoms with Gasteiger partial charge in [0.25, 0.3) is 11.5 Å². The number of aromatic nitrogens is 2. The van der Waals surface area contributed by atoms with Gasteiger partial charge in [0, 0.05) is 18.7 Å². The average molecular weight is 638 g/mol. The highest BCUT2D eigenvalue weighted by Gasteiger charge is 2.20. The van der Waals surface area contributed by atoms with E-state index in [4.69, 9.17) is 42.4 Å². The lowest BCUT2D eigenvalue weighted by molar-refractivity contribution is -0.137. The summed E-state index contributed by atoms with van der Waals surface area (Å²) in [6.07, 6.45) is 1.50. The van der Waals surface area contributed by atoms with Crippen molar-refractivity contribution >= 4 is 46.2 Å². The van der Waals surface area contributed by atoms with E-state index in [1.165, 1.54) is 10.9 Å². The smallest absolute Gasteiger partial charge is 0.282 e. The predicted molar refractivity (Wildman–Crippen MR) is 174 cm³/mol. The van der Waals surface area contributed by atoms with E-state index in [1.807, 2.05) is 38.1 Å². The van der Waals surface area contributed by atoms with E-state index in [2.05, 4.69) is 18.9 Å². The number of benzene rings is 3. The number of morpholine rings is 1. The Morgan fingerprint density at radius 2 is 1.80 bits per heavy atom. The summed E-state index contributed by atoms with van der Waals surface area (Å²) in [6.45, 7) is 10.5. The summed E-state index contributed by atoms with van der Waals surface area (Å²) in [6, 6.07) is 14.4. The molecule has 1 fully saturated rings. The highest BCUT2D eigenvalue weighted by Crippen LogP contribution is 2.35. The Hall–Kier alpha value is -3.92. The molecule has 230 valence electrons. The third-order valence-corrected chi connectivity index (χ3v) is 7.88. The summed E-state index contributed by atoms with van der Waals surface area (Å²) in [5.41, 5.74) is 3.44. The molecule has 0 spiro atoms. The molecule has 0 radical (unpaired) electrons. The third-order valence-electron chi connectivity index (χ3n) is 7.32. The Bertz CT molecular complexity index is 1760. The third kappa shape index (κ3) is 6.75. The Morgan fingerprint density at radius 1 is 1.09 bits per heavy atom. The van der Waals surface area contributed by atoms with Crippen LogP contribution in [0, 0.1) is 6.92 Å². The van der Waals surface area contributed by atoms with Crippen LogP contribution in [-0.2, 0) is 9.53 Å². The monoisotopic (exact) mass is 636 g/mol. The standard InChI is InChI=1S/C33H34Cl2N4O5/c1-5-43-29-14-21(4)25(17-24(29)20(2)3)32-37-28-9-7-6-8-23(28)33(41)39(32)36-18-22-15-26(34)31(27(35)16-22)44-19-30(40)38-10-12-42-13-11-38/h6-9,14-18,20H,5,10-13,19H2,1-4H3. The van der Waals surface area contributed by atoms with Gasteiger partial charge >= 0.3 is 0 Å². The molecule has 44 heavy (non-hydrogen) atoms. The van der Waals surface area contributed by atoms with E-state index in [0.717, 1.165) is 22.4 Å². The Morgan fingerprint density at radius 3 is 2.48 bits per heavy atom. The van der Waals surface area contributed by atoms with Crippen molar-refractivity contribution in [3.05, 3.63) is 85.6 Å². The zero-order valence-corrected chi connectivity index (χ0v) is 26.6. The van der Waals surface area contributed by atoms with Gasteiger partial charge in [-0.3, -0.25) is 9.59 Å². The Balaban J connectivity index is 1.52. The summed E-state index contributed by atoms with van der Waals surface area (Å²) in [7, 11) is 0. The number of halogens is 2. The van der Waals surface area contributed by atoms with Crippen molar-refractivity contribution in [1.82, 2.24) is 14.6 Å². The van der Waals surface area contributed by atoms with Crippen LogP contribution in [0.25, 0.3) is 22.3 Å². The first-order valence-corrected chi connectivity index (χ1v) is 15.2. The molecule has 4 aromatic rings. The molecule has 0 N–H and O–H groups in total. The number of rotatable bonds is 9. The lowest BCUT2D eigenvalue weighted by Gasteiger charge is -2.26. The average Bonchev–Trinajstić information content (AvgIpc) is 3.00. The summed E-state index contributed by atoms with van der Waals surface area (Å²) in [4.78, 5) is 32.9. The van der Waals surface area contributed by atoms with Gasteiger partial charge in [0.05, 0.1) is 47.0 Å². The minimum absolute atomic E-state index is 0.174. The molecule has 0 bridgehead atoms. The van der Waals surface area contributed by atoms with Gasteiger partial charge in [-0.25, -0.2) is 4.98 Å². The number of hydrogen-bond donors (Lipinski definition) is 0. The first kappa shape index (κ1) is 31.5. The quantitative estimate of drug-likeness (QED) is 0.200. The van der Waals surface area contributed by atoms with E-state index in [-0.39, 0.29) is 39.8 Å².